The van der Waals surface area contributed by atoms with E-state index in [1.54, 1.807) is 44.7 Å². The first-order valence-electron chi connectivity index (χ1n) is 7.63. The summed E-state index contributed by atoms with van der Waals surface area (Å²) in [6.45, 7) is 3.27. The van der Waals surface area contributed by atoms with Gasteiger partial charge in [0.25, 0.3) is 0 Å². The van der Waals surface area contributed by atoms with Gasteiger partial charge in [0, 0.05) is 29.5 Å². The fraction of sp³-hybridized carbons (Fsp3) is 0.167. The van der Waals surface area contributed by atoms with E-state index in [4.69, 9.17) is 0 Å². The van der Waals surface area contributed by atoms with Crippen LogP contribution in [0.1, 0.15) is 25.3 Å². The van der Waals surface area contributed by atoms with Crippen LogP contribution in [-0.2, 0) is 9.59 Å². The molecule has 0 bridgehead atoms. The number of carboxylic acids is 2. The Morgan fingerprint density at radius 3 is 2.04 bits per heavy atom. The second kappa shape index (κ2) is 6.27. The van der Waals surface area contributed by atoms with E-state index in [9.17, 15) is 19.8 Å². The Balaban J connectivity index is 2.11. The number of hydrogen-bond donors (Lipinski definition) is 3. The number of aromatic nitrogens is 2. The van der Waals surface area contributed by atoms with E-state index in [0.717, 1.165) is 5.69 Å². The van der Waals surface area contributed by atoms with Gasteiger partial charge >= 0.3 is 11.9 Å². The van der Waals surface area contributed by atoms with E-state index >= 15 is 0 Å². The summed E-state index contributed by atoms with van der Waals surface area (Å²) in [5, 5.41) is 22.1. The molecule has 0 amide bonds. The Bertz CT molecular complexity index is 857. The molecule has 2 aromatic rings. The molecule has 0 radical (unpaired) electrons. The first kappa shape index (κ1) is 16.5. The predicted octanol–water partition coefficient (Wildman–Crippen LogP) is 2.28. The summed E-state index contributed by atoms with van der Waals surface area (Å²) in [5.74, 6) is -3.12. The lowest BCUT2D eigenvalue weighted by Gasteiger charge is -2.28. The molecule has 0 atom stereocenters. The molecule has 0 aliphatic carbocycles. The fourth-order valence-corrected chi connectivity index (χ4v) is 3.15. The van der Waals surface area contributed by atoms with Crippen molar-refractivity contribution >= 4 is 11.9 Å². The van der Waals surface area contributed by atoms with Gasteiger partial charge in [0.1, 0.15) is 0 Å². The topological polar surface area (TPSA) is 104 Å². The number of nitrogens with zero attached hydrogens (tertiary/aromatic N) is 2. The number of aliphatic carboxylic acids is 2. The van der Waals surface area contributed by atoms with Crippen molar-refractivity contribution in [2.24, 2.45) is 0 Å². The van der Waals surface area contributed by atoms with Crippen LogP contribution in [0.5, 0.6) is 0 Å². The van der Waals surface area contributed by atoms with Gasteiger partial charge in [0.2, 0.25) is 0 Å². The van der Waals surface area contributed by atoms with E-state index in [-0.39, 0.29) is 11.1 Å². The maximum atomic E-state index is 11.8. The quantitative estimate of drug-likeness (QED) is 0.789. The maximum absolute atomic E-state index is 11.8. The van der Waals surface area contributed by atoms with Crippen LogP contribution in [0.4, 0.5) is 0 Å². The molecule has 1 aromatic carbocycles. The Labute approximate surface area is 143 Å². The molecule has 7 heteroatoms. The van der Waals surface area contributed by atoms with E-state index < -0.39 is 17.9 Å². The molecule has 25 heavy (non-hydrogen) atoms. The van der Waals surface area contributed by atoms with Crippen molar-refractivity contribution in [1.82, 2.24) is 14.9 Å². The normalized spacial score (nSPS) is 15.3. The molecule has 0 saturated carbocycles. The predicted molar refractivity (Wildman–Crippen MR) is 90.1 cm³/mol. The van der Waals surface area contributed by atoms with Crippen LogP contribution < -0.4 is 5.32 Å². The highest BCUT2D eigenvalue weighted by molar-refractivity contribution is 5.98. The number of nitrogens with one attached hydrogen (secondary N) is 1. The zero-order chi connectivity index (χ0) is 18.1. The average molecular weight is 339 g/mol. The summed E-state index contributed by atoms with van der Waals surface area (Å²) in [7, 11) is 0. The van der Waals surface area contributed by atoms with Crippen LogP contribution in [0.25, 0.3) is 5.69 Å². The third-order valence-corrected chi connectivity index (χ3v) is 4.25. The van der Waals surface area contributed by atoms with E-state index in [2.05, 4.69) is 10.3 Å². The molecule has 7 nitrogen and oxygen atoms in total. The number of imidazole rings is 1. The number of hydrogen-bond acceptors (Lipinski definition) is 4. The standard InChI is InChI=1S/C18H17N3O4/c1-10-14(17(22)23)16(15(18(24)25)11(2)20-10)12-3-5-13(6-4-12)21-8-7-19-9-21/h3-9,16,20H,1-2H3,(H,22,23)(H,24,25). The Kier molecular flexibility index (Phi) is 4.14. The van der Waals surface area contributed by atoms with Gasteiger partial charge in [-0.3, -0.25) is 0 Å². The summed E-state index contributed by atoms with van der Waals surface area (Å²) in [4.78, 5) is 27.5. The molecule has 1 aliphatic rings. The Morgan fingerprint density at radius 2 is 1.60 bits per heavy atom. The smallest absolute Gasteiger partial charge is 0.334 e. The van der Waals surface area contributed by atoms with Gasteiger partial charge in [0.15, 0.2) is 0 Å². The molecule has 0 fully saturated rings. The average Bonchev–Trinajstić information content (AvgIpc) is 3.07. The van der Waals surface area contributed by atoms with Crippen LogP contribution in [0.2, 0.25) is 0 Å². The highest BCUT2D eigenvalue weighted by Gasteiger charge is 2.36. The van der Waals surface area contributed by atoms with Crippen LogP contribution >= 0.6 is 0 Å². The molecule has 3 N–H and O–H groups in total. The minimum atomic E-state index is -1.14. The van der Waals surface area contributed by atoms with E-state index in [1.807, 2.05) is 16.7 Å². The number of carbonyl (C=O) groups is 2. The highest BCUT2D eigenvalue weighted by atomic mass is 16.4. The molecule has 2 heterocycles. The van der Waals surface area contributed by atoms with Crippen molar-refractivity contribution in [2.75, 3.05) is 0 Å². The minimum Gasteiger partial charge on any atom is -0.478 e. The molecule has 0 unspecified atom stereocenters. The van der Waals surface area contributed by atoms with Crippen molar-refractivity contribution in [2.45, 2.75) is 19.8 Å². The molecule has 1 aromatic heterocycles. The van der Waals surface area contributed by atoms with Crippen LogP contribution in [0.3, 0.4) is 0 Å². The van der Waals surface area contributed by atoms with Crippen LogP contribution in [0, 0.1) is 0 Å². The Hall–Kier alpha value is -3.35. The largest absolute Gasteiger partial charge is 0.478 e. The lowest BCUT2D eigenvalue weighted by Crippen LogP contribution is -2.31. The SMILES string of the molecule is CC1=C(C(=O)O)C(c2ccc(-n3ccnc3)cc2)C(C(=O)O)=C(C)N1. The molecular weight excluding hydrogens is 322 g/mol. The third-order valence-electron chi connectivity index (χ3n) is 4.25. The molecule has 0 saturated heterocycles. The van der Waals surface area contributed by atoms with Crippen molar-refractivity contribution < 1.29 is 19.8 Å². The number of dihydropyridines is 1. The summed E-state index contributed by atoms with van der Waals surface area (Å²) >= 11 is 0. The van der Waals surface area contributed by atoms with Crippen molar-refractivity contribution in [3.63, 3.8) is 0 Å². The van der Waals surface area contributed by atoms with E-state index in [0.29, 0.717) is 17.0 Å². The van der Waals surface area contributed by atoms with Gasteiger partial charge in [-0.05, 0) is 31.5 Å². The molecule has 1 aliphatic heterocycles. The number of benzene rings is 1. The molecule has 128 valence electrons. The summed E-state index contributed by atoms with van der Waals surface area (Å²) in [6, 6.07) is 7.11. The third kappa shape index (κ3) is 2.91. The van der Waals surface area contributed by atoms with Crippen LogP contribution in [-0.4, -0.2) is 31.7 Å². The van der Waals surface area contributed by atoms with Gasteiger partial charge in [-0.1, -0.05) is 12.1 Å². The first-order valence-corrected chi connectivity index (χ1v) is 7.63. The number of allylic oxidation sites excluding steroid dienone is 2. The summed E-state index contributed by atoms with van der Waals surface area (Å²) < 4.78 is 1.81. The van der Waals surface area contributed by atoms with E-state index in [1.165, 1.54) is 0 Å². The Morgan fingerprint density at radius 1 is 1.04 bits per heavy atom. The van der Waals surface area contributed by atoms with Gasteiger partial charge in [-0.15, -0.1) is 0 Å². The zero-order valence-electron chi connectivity index (χ0n) is 13.7. The highest BCUT2D eigenvalue weighted by Crippen LogP contribution is 2.38. The van der Waals surface area contributed by atoms with Gasteiger partial charge in [-0.2, -0.15) is 0 Å². The lowest BCUT2D eigenvalue weighted by molar-refractivity contribution is -0.133. The molecule has 0 spiro atoms. The van der Waals surface area contributed by atoms with Crippen LogP contribution in [0.15, 0.2) is 65.5 Å². The maximum Gasteiger partial charge on any atom is 0.334 e. The monoisotopic (exact) mass is 339 g/mol. The molecular formula is C18H17N3O4. The number of carboxylic acid groups (broad SMARTS) is 2. The fourth-order valence-electron chi connectivity index (χ4n) is 3.15. The second-order valence-corrected chi connectivity index (χ2v) is 5.81. The zero-order valence-corrected chi connectivity index (χ0v) is 13.7. The molecule has 3 rings (SSSR count). The van der Waals surface area contributed by atoms with Crippen molar-refractivity contribution in [3.05, 3.63) is 71.1 Å². The van der Waals surface area contributed by atoms with Gasteiger partial charge in [-0.25, -0.2) is 14.6 Å². The summed E-state index contributed by atoms with van der Waals surface area (Å²) in [6.07, 6.45) is 5.10. The summed E-state index contributed by atoms with van der Waals surface area (Å²) in [5.41, 5.74) is 2.43. The van der Waals surface area contributed by atoms with Crippen molar-refractivity contribution in [3.8, 4) is 5.69 Å². The number of rotatable bonds is 4. The van der Waals surface area contributed by atoms with Gasteiger partial charge in [0.05, 0.1) is 23.4 Å². The lowest BCUT2D eigenvalue weighted by atomic mass is 9.80. The first-order chi connectivity index (χ1) is 11.9. The second-order valence-electron chi connectivity index (χ2n) is 5.81. The minimum absolute atomic E-state index is 0.0402. The van der Waals surface area contributed by atoms with Gasteiger partial charge < -0.3 is 20.1 Å². The van der Waals surface area contributed by atoms with Crippen molar-refractivity contribution in [1.29, 1.82) is 0 Å².